The average Bonchev–Trinajstić information content (AvgIpc) is 3.43. The lowest BCUT2D eigenvalue weighted by Gasteiger charge is -2.32. The van der Waals surface area contributed by atoms with Gasteiger partial charge in [-0.15, -0.1) is 21.5 Å². The van der Waals surface area contributed by atoms with Crippen molar-refractivity contribution in [1.82, 2.24) is 20.2 Å². The lowest BCUT2D eigenvalue weighted by molar-refractivity contribution is -0.120. The van der Waals surface area contributed by atoms with Crippen molar-refractivity contribution in [3.63, 3.8) is 0 Å². The minimum Gasteiger partial charge on any atom is -0.354 e. The van der Waals surface area contributed by atoms with Crippen LogP contribution in [0.25, 0.3) is 10.6 Å². The summed E-state index contributed by atoms with van der Waals surface area (Å²) in [6.07, 6.45) is 1.62. The van der Waals surface area contributed by atoms with E-state index in [1.165, 1.54) is 12.1 Å². The Morgan fingerprint density at radius 1 is 1.05 bits per heavy atom. The lowest BCUT2D eigenvalue weighted by atomic mass is 9.97. The Morgan fingerprint density at radius 3 is 2.55 bits per heavy atom. The molecule has 0 bridgehead atoms. The summed E-state index contributed by atoms with van der Waals surface area (Å²) in [6, 6.07) is 15.5. The molecule has 4 heterocycles. The van der Waals surface area contributed by atoms with Gasteiger partial charge in [0.05, 0.1) is 15.7 Å². The summed E-state index contributed by atoms with van der Waals surface area (Å²) in [5.74, 6) is 1.10. The number of piperidine rings is 1. The molecule has 1 atom stereocenters. The molecule has 10 nitrogen and oxygen atoms in total. The van der Waals surface area contributed by atoms with Crippen LogP contribution in [-0.2, 0) is 14.8 Å². The monoisotopic (exact) mass is 549 g/mol. The third-order valence-corrected chi connectivity index (χ3v) is 8.44. The van der Waals surface area contributed by atoms with Crippen LogP contribution in [-0.4, -0.2) is 47.6 Å². The largest absolute Gasteiger partial charge is 0.354 e. The average molecular weight is 550 g/mol. The van der Waals surface area contributed by atoms with Gasteiger partial charge in [-0.1, -0.05) is 6.07 Å². The number of nitrogens with one attached hydrogen (secondary N) is 2. The standard InChI is InChI=1S/C26H27N7O3S2/c1-17-15-24(28-18(2)27-17)32-38(35,36)21-9-7-20(8-10-21)29-26(34)19-5-3-13-33(16-19)25-12-11-22(30-31-25)23-6-4-14-37-23/h4,6-12,14-15,19H,3,5,13,16H2,1-2H3,(H,29,34)(H,27,28,32). The number of sulfonamides is 1. The van der Waals surface area contributed by atoms with Crippen LogP contribution in [0.1, 0.15) is 24.4 Å². The molecule has 1 aromatic carbocycles. The molecule has 12 heteroatoms. The third-order valence-electron chi connectivity index (χ3n) is 6.18. The second-order valence-electron chi connectivity index (χ2n) is 9.10. The van der Waals surface area contributed by atoms with E-state index in [0.717, 1.165) is 35.8 Å². The molecule has 1 aliphatic rings. The minimum absolute atomic E-state index is 0.0674. The molecule has 5 rings (SSSR count). The maximum Gasteiger partial charge on any atom is 0.263 e. The van der Waals surface area contributed by atoms with Gasteiger partial charge in [0.2, 0.25) is 5.91 Å². The Labute approximate surface area is 225 Å². The summed E-state index contributed by atoms with van der Waals surface area (Å²) in [5.41, 5.74) is 2.02. The van der Waals surface area contributed by atoms with Crippen LogP contribution in [0.3, 0.4) is 0 Å². The van der Waals surface area contributed by atoms with Gasteiger partial charge in [0, 0.05) is 30.5 Å². The smallest absolute Gasteiger partial charge is 0.263 e. The Bertz CT molecular complexity index is 1500. The molecule has 0 saturated carbocycles. The Morgan fingerprint density at radius 2 is 1.87 bits per heavy atom. The first kappa shape index (κ1) is 25.7. The van der Waals surface area contributed by atoms with Crippen molar-refractivity contribution >= 4 is 44.6 Å². The van der Waals surface area contributed by atoms with E-state index in [0.29, 0.717) is 23.8 Å². The maximum atomic E-state index is 13.0. The van der Waals surface area contributed by atoms with E-state index in [4.69, 9.17) is 0 Å². The molecule has 196 valence electrons. The molecule has 1 aliphatic heterocycles. The number of benzene rings is 1. The summed E-state index contributed by atoms with van der Waals surface area (Å²) >= 11 is 1.61. The number of nitrogens with zero attached hydrogens (tertiary/aromatic N) is 5. The third kappa shape index (κ3) is 5.97. The molecule has 1 amide bonds. The molecule has 1 saturated heterocycles. The number of amides is 1. The molecule has 3 aromatic heterocycles. The van der Waals surface area contributed by atoms with Crippen molar-refractivity contribution < 1.29 is 13.2 Å². The fourth-order valence-electron chi connectivity index (χ4n) is 4.38. The summed E-state index contributed by atoms with van der Waals surface area (Å²) in [7, 11) is -3.84. The predicted octanol–water partition coefficient (Wildman–Crippen LogP) is 4.27. The van der Waals surface area contributed by atoms with Gasteiger partial charge >= 0.3 is 0 Å². The van der Waals surface area contributed by atoms with Crippen LogP contribution in [0.2, 0.25) is 0 Å². The Kier molecular flexibility index (Phi) is 7.34. The minimum atomic E-state index is -3.84. The van der Waals surface area contributed by atoms with Crippen molar-refractivity contribution in [3.8, 4) is 10.6 Å². The zero-order valence-corrected chi connectivity index (χ0v) is 22.6. The number of aromatic nitrogens is 4. The van der Waals surface area contributed by atoms with Crippen LogP contribution >= 0.6 is 11.3 Å². The number of carbonyl (C=O) groups is 1. The van der Waals surface area contributed by atoms with Crippen molar-refractivity contribution in [3.05, 3.63) is 71.5 Å². The predicted molar refractivity (Wildman–Crippen MR) is 148 cm³/mol. The highest BCUT2D eigenvalue weighted by Crippen LogP contribution is 2.26. The van der Waals surface area contributed by atoms with Gasteiger partial charge in [-0.05, 0) is 74.5 Å². The fourth-order valence-corrected chi connectivity index (χ4v) is 6.06. The first-order chi connectivity index (χ1) is 18.3. The maximum absolute atomic E-state index is 13.0. The molecule has 0 radical (unpaired) electrons. The van der Waals surface area contributed by atoms with E-state index >= 15 is 0 Å². The van der Waals surface area contributed by atoms with Crippen LogP contribution in [0.15, 0.2) is 64.9 Å². The van der Waals surface area contributed by atoms with E-state index in [2.05, 4.69) is 35.1 Å². The molecular weight excluding hydrogens is 522 g/mol. The van der Waals surface area contributed by atoms with Gasteiger partial charge in [-0.25, -0.2) is 18.4 Å². The first-order valence-electron chi connectivity index (χ1n) is 12.2. The molecule has 1 unspecified atom stereocenters. The molecule has 38 heavy (non-hydrogen) atoms. The summed E-state index contributed by atoms with van der Waals surface area (Å²) < 4.78 is 28.1. The Hall–Kier alpha value is -3.90. The number of thiophene rings is 1. The van der Waals surface area contributed by atoms with Crippen molar-refractivity contribution in [2.24, 2.45) is 5.92 Å². The molecule has 0 spiro atoms. The number of carbonyl (C=O) groups excluding carboxylic acids is 1. The number of rotatable bonds is 7. The SMILES string of the molecule is Cc1cc(NS(=O)(=O)c2ccc(NC(=O)C3CCCN(c4ccc(-c5cccs5)nn4)C3)cc2)nc(C)n1. The van der Waals surface area contributed by atoms with Gasteiger partial charge in [-0.2, -0.15) is 0 Å². The van der Waals surface area contributed by atoms with Crippen LogP contribution in [0.4, 0.5) is 17.3 Å². The number of hydrogen-bond donors (Lipinski definition) is 2. The number of anilines is 3. The second-order valence-corrected chi connectivity index (χ2v) is 11.7. The summed E-state index contributed by atoms with van der Waals surface area (Å²) in [4.78, 5) is 24.5. The van der Waals surface area contributed by atoms with Crippen LogP contribution < -0.4 is 14.9 Å². The molecule has 1 fully saturated rings. The van der Waals surface area contributed by atoms with Crippen molar-refractivity contribution in [2.75, 3.05) is 28.0 Å². The zero-order chi connectivity index (χ0) is 26.7. The van der Waals surface area contributed by atoms with E-state index in [9.17, 15) is 13.2 Å². The van der Waals surface area contributed by atoms with E-state index < -0.39 is 10.0 Å². The number of aryl methyl sites for hydroxylation is 2. The highest BCUT2D eigenvalue weighted by Gasteiger charge is 2.27. The highest BCUT2D eigenvalue weighted by molar-refractivity contribution is 7.92. The van der Waals surface area contributed by atoms with Gasteiger partial charge < -0.3 is 10.2 Å². The molecular formula is C26H27N7O3S2. The summed E-state index contributed by atoms with van der Waals surface area (Å²) in [6.45, 7) is 4.81. The van der Waals surface area contributed by atoms with Crippen LogP contribution in [0, 0.1) is 19.8 Å². The summed E-state index contributed by atoms with van der Waals surface area (Å²) in [5, 5.41) is 13.7. The van der Waals surface area contributed by atoms with E-state index in [1.54, 1.807) is 43.4 Å². The van der Waals surface area contributed by atoms with E-state index in [1.807, 2.05) is 29.6 Å². The van der Waals surface area contributed by atoms with Gasteiger partial charge in [-0.3, -0.25) is 9.52 Å². The number of hydrogen-bond acceptors (Lipinski definition) is 9. The lowest BCUT2D eigenvalue weighted by Crippen LogP contribution is -2.41. The van der Waals surface area contributed by atoms with Gasteiger partial charge in [0.25, 0.3) is 10.0 Å². The van der Waals surface area contributed by atoms with Gasteiger partial charge in [0.15, 0.2) is 5.82 Å². The highest BCUT2D eigenvalue weighted by atomic mass is 32.2. The topological polar surface area (TPSA) is 130 Å². The quantitative estimate of drug-likeness (QED) is 0.350. The molecule has 4 aromatic rings. The molecule has 2 N–H and O–H groups in total. The first-order valence-corrected chi connectivity index (χ1v) is 14.5. The zero-order valence-electron chi connectivity index (χ0n) is 21.0. The van der Waals surface area contributed by atoms with Crippen molar-refractivity contribution in [1.29, 1.82) is 0 Å². The van der Waals surface area contributed by atoms with Crippen LogP contribution in [0.5, 0.6) is 0 Å². The Balaban J connectivity index is 1.20. The normalized spacial score (nSPS) is 15.7. The molecule has 0 aliphatic carbocycles. The van der Waals surface area contributed by atoms with Crippen molar-refractivity contribution in [2.45, 2.75) is 31.6 Å². The van der Waals surface area contributed by atoms with E-state index in [-0.39, 0.29) is 22.5 Å². The van der Waals surface area contributed by atoms with Gasteiger partial charge in [0.1, 0.15) is 17.3 Å². The second kappa shape index (κ2) is 10.8. The fraction of sp³-hybridized carbons (Fsp3) is 0.269.